The number of aromatic nitrogens is 6. The standard InChI is InChI=1S/C26H32FN8O8P/c1-13(2)41-23(37)14(3)34-44(38,43-15-6-7-16-17(10-15)30-9-8-29-16)40-11-18-20(36)26(4,27)24(42-18)35-12-31-19-21(35)32-25(28)33-22(19)39-5/h6-10,12-14,18,20,24,36H,11H2,1-5H3,(H,34,38)(H2,28,32,33)/t14-,18+,20+,24+,26+,44?/m0/s1. The summed E-state index contributed by atoms with van der Waals surface area (Å²) in [5.74, 6) is -0.715. The van der Waals surface area contributed by atoms with Crippen molar-refractivity contribution in [3.63, 3.8) is 0 Å². The van der Waals surface area contributed by atoms with Gasteiger partial charge >= 0.3 is 13.7 Å². The van der Waals surface area contributed by atoms with E-state index in [4.69, 9.17) is 29.0 Å². The van der Waals surface area contributed by atoms with Crippen molar-refractivity contribution < 1.29 is 42.1 Å². The van der Waals surface area contributed by atoms with Gasteiger partial charge in [0.1, 0.15) is 24.0 Å². The molecule has 18 heteroatoms. The first-order valence-corrected chi connectivity index (χ1v) is 15.0. The van der Waals surface area contributed by atoms with Crippen LogP contribution in [0.1, 0.15) is 33.9 Å². The van der Waals surface area contributed by atoms with E-state index in [1.165, 1.54) is 49.5 Å². The zero-order chi connectivity index (χ0) is 31.8. The average Bonchev–Trinajstić information content (AvgIpc) is 3.48. The summed E-state index contributed by atoms with van der Waals surface area (Å²) in [5, 5.41) is 13.5. The van der Waals surface area contributed by atoms with Gasteiger partial charge in [0.05, 0.1) is 37.2 Å². The number of rotatable bonds is 11. The number of fused-ring (bicyclic) bond motifs is 2. The van der Waals surface area contributed by atoms with Gasteiger partial charge in [0.2, 0.25) is 11.8 Å². The van der Waals surface area contributed by atoms with Crippen LogP contribution in [0.4, 0.5) is 10.3 Å². The number of carbonyl (C=O) groups is 1. The summed E-state index contributed by atoms with van der Waals surface area (Å²) in [4.78, 5) is 33.2. The summed E-state index contributed by atoms with van der Waals surface area (Å²) in [6.45, 7) is 5.25. The van der Waals surface area contributed by atoms with Crippen LogP contribution in [-0.2, 0) is 23.4 Å². The lowest BCUT2D eigenvalue weighted by atomic mass is 9.98. The number of nitrogens with one attached hydrogen (secondary N) is 1. The second kappa shape index (κ2) is 12.2. The largest absolute Gasteiger partial charge is 0.479 e. The predicted molar refractivity (Wildman–Crippen MR) is 153 cm³/mol. The Balaban J connectivity index is 1.40. The summed E-state index contributed by atoms with van der Waals surface area (Å²) < 4.78 is 59.0. The van der Waals surface area contributed by atoms with E-state index >= 15 is 4.39 Å². The molecule has 6 atom stereocenters. The second-order valence-corrected chi connectivity index (χ2v) is 12.2. The predicted octanol–water partition coefficient (Wildman–Crippen LogP) is 2.48. The Morgan fingerprint density at radius 3 is 2.66 bits per heavy atom. The zero-order valence-electron chi connectivity index (χ0n) is 24.4. The molecular formula is C26H32FN8O8P. The molecule has 1 saturated heterocycles. The van der Waals surface area contributed by atoms with E-state index in [0.717, 1.165) is 6.92 Å². The first kappa shape index (κ1) is 31.4. The summed E-state index contributed by atoms with van der Waals surface area (Å²) in [6.07, 6.45) is -0.764. The van der Waals surface area contributed by atoms with Crippen LogP contribution in [-0.4, -0.2) is 84.3 Å². The Labute approximate surface area is 250 Å². The van der Waals surface area contributed by atoms with Crippen LogP contribution in [0.5, 0.6) is 11.6 Å². The molecule has 0 radical (unpaired) electrons. The molecular weight excluding hydrogens is 602 g/mol. The minimum Gasteiger partial charge on any atom is -0.479 e. The van der Waals surface area contributed by atoms with E-state index < -0.39 is 56.6 Å². The first-order valence-electron chi connectivity index (χ1n) is 13.5. The van der Waals surface area contributed by atoms with Crippen molar-refractivity contribution in [1.82, 2.24) is 34.6 Å². The van der Waals surface area contributed by atoms with Gasteiger partial charge < -0.3 is 29.6 Å². The van der Waals surface area contributed by atoms with Crippen molar-refractivity contribution in [2.45, 2.75) is 63.9 Å². The Bertz CT molecular complexity index is 1720. The molecule has 4 heterocycles. The number of hydrogen-bond donors (Lipinski definition) is 3. The lowest BCUT2D eigenvalue weighted by Crippen LogP contribution is -2.41. The third-order valence-corrected chi connectivity index (χ3v) is 8.35. The Kier molecular flexibility index (Phi) is 8.68. The lowest BCUT2D eigenvalue weighted by molar-refractivity contribution is -0.149. The number of anilines is 1. The fourth-order valence-electron chi connectivity index (χ4n) is 4.60. The summed E-state index contributed by atoms with van der Waals surface area (Å²) >= 11 is 0. The fraction of sp³-hybridized carbons (Fsp3) is 0.462. The van der Waals surface area contributed by atoms with Crippen LogP contribution in [0, 0.1) is 0 Å². The van der Waals surface area contributed by atoms with Crippen LogP contribution >= 0.6 is 7.75 Å². The number of aliphatic hydroxyl groups excluding tert-OH is 1. The number of hydrogen-bond acceptors (Lipinski definition) is 14. The van der Waals surface area contributed by atoms with Crippen LogP contribution in [0.15, 0.2) is 36.9 Å². The van der Waals surface area contributed by atoms with Gasteiger partial charge in [-0.15, -0.1) is 0 Å². The van der Waals surface area contributed by atoms with Crippen LogP contribution in [0.2, 0.25) is 0 Å². The number of nitrogens with zero attached hydrogens (tertiary/aromatic N) is 6. The van der Waals surface area contributed by atoms with Gasteiger partial charge in [-0.2, -0.15) is 15.1 Å². The van der Waals surface area contributed by atoms with Crippen molar-refractivity contribution in [3.05, 3.63) is 36.9 Å². The molecule has 0 aliphatic carbocycles. The van der Waals surface area contributed by atoms with E-state index in [0.29, 0.717) is 11.0 Å². The van der Waals surface area contributed by atoms with E-state index in [1.54, 1.807) is 19.9 Å². The number of alkyl halides is 1. The van der Waals surface area contributed by atoms with Crippen molar-refractivity contribution in [2.24, 2.45) is 0 Å². The molecule has 0 bridgehead atoms. The number of carbonyl (C=O) groups excluding carboxylic acids is 1. The van der Waals surface area contributed by atoms with Crippen molar-refractivity contribution in [3.8, 4) is 11.6 Å². The third kappa shape index (κ3) is 6.27. The molecule has 1 unspecified atom stereocenters. The number of methoxy groups -OCH3 is 1. The molecule has 5 rings (SSSR count). The average molecular weight is 635 g/mol. The molecule has 4 aromatic rings. The molecule has 4 N–H and O–H groups in total. The van der Waals surface area contributed by atoms with E-state index in [2.05, 4.69) is 30.0 Å². The van der Waals surface area contributed by atoms with Crippen LogP contribution in [0.25, 0.3) is 22.2 Å². The molecule has 0 spiro atoms. The minimum absolute atomic E-state index is 0.0687. The molecule has 16 nitrogen and oxygen atoms in total. The van der Waals surface area contributed by atoms with Gasteiger partial charge in [0.25, 0.3) is 0 Å². The number of nitrogen functional groups attached to an aromatic ring is 1. The van der Waals surface area contributed by atoms with Crippen LogP contribution < -0.4 is 20.1 Å². The van der Waals surface area contributed by atoms with Gasteiger partial charge in [0, 0.05) is 18.5 Å². The highest BCUT2D eigenvalue weighted by Crippen LogP contribution is 2.48. The highest BCUT2D eigenvalue weighted by Gasteiger charge is 2.56. The molecule has 44 heavy (non-hydrogen) atoms. The first-order chi connectivity index (χ1) is 20.8. The highest BCUT2D eigenvalue weighted by molar-refractivity contribution is 7.52. The zero-order valence-corrected chi connectivity index (χ0v) is 25.3. The Morgan fingerprint density at radius 1 is 1.23 bits per heavy atom. The molecule has 3 aromatic heterocycles. The fourth-order valence-corrected chi connectivity index (χ4v) is 6.09. The second-order valence-electron chi connectivity index (χ2n) is 10.5. The summed E-state index contributed by atoms with van der Waals surface area (Å²) in [5.41, 5.74) is 4.69. The van der Waals surface area contributed by atoms with Crippen molar-refractivity contribution in [2.75, 3.05) is 19.5 Å². The maximum atomic E-state index is 16.1. The maximum Gasteiger partial charge on any atom is 0.459 e. The molecule has 0 amide bonds. The van der Waals surface area contributed by atoms with Gasteiger partial charge in [-0.05, 0) is 39.8 Å². The van der Waals surface area contributed by atoms with Crippen LogP contribution in [0.3, 0.4) is 0 Å². The minimum atomic E-state index is -4.42. The van der Waals surface area contributed by atoms with Gasteiger partial charge in [-0.1, -0.05) is 0 Å². The van der Waals surface area contributed by atoms with Crippen molar-refractivity contribution >= 4 is 41.9 Å². The summed E-state index contributed by atoms with van der Waals surface area (Å²) in [6, 6.07) is 3.43. The van der Waals surface area contributed by atoms with Gasteiger partial charge in [0.15, 0.2) is 23.1 Å². The quantitative estimate of drug-likeness (QED) is 0.160. The number of aliphatic hydroxyl groups is 1. The molecule has 0 saturated carbocycles. The maximum absolute atomic E-state index is 16.1. The van der Waals surface area contributed by atoms with Gasteiger partial charge in [-0.3, -0.25) is 23.9 Å². The lowest BCUT2D eigenvalue weighted by Gasteiger charge is -2.25. The molecule has 1 aliphatic rings. The smallest absolute Gasteiger partial charge is 0.459 e. The van der Waals surface area contributed by atoms with Crippen molar-refractivity contribution in [1.29, 1.82) is 0 Å². The molecule has 1 aliphatic heterocycles. The molecule has 1 fully saturated rings. The Hall–Kier alpha value is -4.02. The topological polar surface area (TPSA) is 208 Å². The Morgan fingerprint density at radius 2 is 1.95 bits per heavy atom. The number of ether oxygens (including phenoxy) is 3. The van der Waals surface area contributed by atoms with E-state index in [-0.39, 0.29) is 28.7 Å². The number of imidazole rings is 1. The highest BCUT2D eigenvalue weighted by atomic mass is 31.2. The van der Waals surface area contributed by atoms with E-state index in [1.807, 2.05) is 0 Å². The van der Waals surface area contributed by atoms with Gasteiger partial charge in [-0.25, -0.2) is 13.9 Å². The monoisotopic (exact) mass is 634 g/mol. The number of benzene rings is 1. The summed E-state index contributed by atoms with van der Waals surface area (Å²) in [7, 11) is -3.05. The molecule has 236 valence electrons. The third-order valence-electron chi connectivity index (χ3n) is 6.70. The SMILES string of the molecule is COc1nc(N)nc2c1ncn2[C@@H]1O[C@H](COP(=O)(N[C@@H](C)C(=O)OC(C)C)Oc2ccc3nccnc3c2)[C@@H](O)[C@@]1(C)F. The number of halogens is 1. The molecule has 1 aromatic carbocycles. The number of esters is 1. The normalized spacial score (nSPS) is 24.0. The van der Waals surface area contributed by atoms with E-state index in [9.17, 15) is 14.5 Å². The number of nitrogens with two attached hydrogens (primary N) is 1.